The van der Waals surface area contributed by atoms with Gasteiger partial charge in [-0.1, -0.05) is 79.7 Å². The van der Waals surface area contributed by atoms with Gasteiger partial charge in [0, 0.05) is 25.0 Å². The number of benzene rings is 3. The van der Waals surface area contributed by atoms with Crippen LogP contribution in [0, 0.1) is 5.92 Å². The van der Waals surface area contributed by atoms with Crippen molar-refractivity contribution in [2.45, 2.75) is 39.1 Å². The molecule has 3 rings (SSSR count). The molecule has 152 valence electrons. The van der Waals surface area contributed by atoms with Gasteiger partial charge in [0.15, 0.2) is 0 Å². The Labute approximate surface area is 174 Å². The number of hydrogen-bond donors (Lipinski definition) is 1. The SMILES string of the molecule is COc1cccc([C@@H]([C@H](C)[C@H](C)O)N(Cc2ccccc2)Cc2ccccc2)c1. The minimum Gasteiger partial charge on any atom is -0.497 e. The Morgan fingerprint density at radius 3 is 1.83 bits per heavy atom. The largest absolute Gasteiger partial charge is 0.497 e. The number of aliphatic hydroxyl groups is 1. The molecule has 3 atom stereocenters. The highest BCUT2D eigenvalue weighted by Crippen LogP contribution is 2.35. The van der Waals surface area contributed by atoms with E-state index in [4.69, 9.17) is 4.74 Å². The van der Waals surface area contributed by atoms with Crippen LogP contribution in [0.1, 0.15) is 36.6 Å². The average Bonchev–Trinajstić information content (AvgIpc) is 2.75. The summed E-state index contributed by atoms with van der Waals surface area (Å²) in [5.74, 6) is 0.888. The third-order valence-corrected chi connectivity index (χ3v) is 5.54. The van der Waals surface area contributed by atoms with E-state index in [2.05, 4.69) is 72.5 Å². The molecule has 0 saturated carbocycles. The van der Waals surface area contributed by atoms with E-state index < -0.39 is 6.10 Å². The summed E-state index contributed by atoms with van der Waals surface area (Å²) in [4.78, 5) is 2.46. The van der Waals surface area contributed by atoms with Crippen LogP contribution in [-0.2, 0) is 13.1 Å². The van der Waals surface area contributed by atoms with Gasteiger partial charge in [0.25, 0.3) is 0 Å². The predicted octanol–water partition coefficient (Wildman–Crippen LogP) is 5.46. The fraction of sp³-hybridized carbons (Fsp3) is 0.308. The van der Waals surface area contributed by atoms with Crippen molar-refractivity contribution in [3.05, 3.63) is 102 Å². The van der Waals surface area contributed by atoms with Crippen LogP contribution in [0.5, 0.6) is 5.75 Å². The van der Waals surface area contributed by atoms with Crippen LogP contribution in [0.15, 0.2) is 84.9 Å². The second-order valence-electron chi connectivity index (χ2n) is 7.70. The average molecular weight is 390 g/mol. The first-order valence-corrected chi connectivity index (χ1v) is 10.2. The Morgan fingerprint density at radius 2 is 1.34 bits per heavy atom. The highest BCUT2D eigenvalue weighted by molar-refractivity contribution is 5.31. The molecule has 1 N–H and O–H groups in total. The Hall–Kier alpha value is -2.62. The van der Waals surface area contributed by atoms with Crippen LogP contribution in [0.2, 0.25) is 0 Å². The van der Waals surface area contributed by atoms with Crippen molar-refractivity contribution >= 4 is 0 Å². The molecular weight excluding hydrogens is 358 g/mol. The van der Waals surface area contributed by atoms with Gasteiger partial charge in [-0.15, -0.1) is 0 Å². The molecule has 3 aromatic carbocycles. The fourth-order valence-corrected chi connectivity index (χ4v) is 3.82. The van der Waals surface area contributed by atoms with Crippen molar-refractivity contribution in [3.8, 4) is 5.75 Å². The second-order valence-corrected chi connectivity index (χ2v) is 7.70. The highest BCUT2D eigenvalue weighted by Gasteiger charge is 2.29. The van der Waals surface area contributed by atoms with Crippen molar-refractivity contribution < 1.29 is 9.84 Å². The second kappa shape index (κ2) is 10.2. The molecule has 0 aromatic heterocycles. The normalized spacial score (nSPS) is 14.4. The van der Waals surface area contributed by atoms with E-state index in [0.717, 1.165) is 24.4 Å². The number of ether oxygens (including phenoxy) is 1. The minimum atomic E-state index is -0.430. The molecule has 0 bridgehead atoms. The smallest absolute Gasteiger partial charge is 0.119 e. The molecule has 3 heteroatoms. The summed E-state index contributed by atoms with van der Waals surface area (Å²) in [5, 5.41) is 10.5. The summed E-state index contributed by atoms with van der Waals surface area (Å²) in [6.07, 6.45) is -0.430. The molecule has 0 heterocycles. The monoisotopic (exact) mass is 389 g/mol. The molecule has 0 radical (unpaired) electrons. The number of hydrogen-bond acceptors (Lipinski definition) is 3. The first kappa shape index (κ1) is 21.1. The lowest BCUT2D eigenvalue weighted by atomic mass is 9.88. The molecule has 0 saturated heterocycles. The maximum absolute atomic E-state index is 10.5. The predicted molar refractivity (Wildman–Crippen MR) is 119 cm³/mol. The van der Waals surface area contributed by atoms with Crippen LogP contribution in [0.3, 0.4) is 0 Å². The molecule has 0 unspecified atom stereocenters. The van der Waals surface area contributed by atoms with Crippen molar-refractivity contribution in [2.75, 3.05) is 7.11 Å². The van der Waals surface area contributed by atoms with Crippen molar-refractivity contribution in [3.63, 3.8) is 0 Å². The quantitative estimate of drug-likeness (QED) is 0.528. The molecule has 0 amide bonds. The molecule has 3 nitrogen and oxygen atoms in total. The fourth-order valence-electron chi connectivity index (χ4n) is 3.82. The lowest BCUT2D eigenvalue weighted by Gasteiger charge is -2.37. The van der Waals surface area contributed by atoms with E-state index in [-0.39, 0.29) is 12.0 Å². The van der Waals surface area contributed by atoms with Crippen molar-refractivity contribution in [1.29, 1.82) is 0 Å². The molecule has 0 aliphatic rings. The summed E-state index contributed by atoms with van der Waals surface area (Å²) < 4.78 is 5.48. The molecule has 0 aliphatic carbocycles. The number of rotatable bonds is 9. The summed E-state index contributed by atoms with van der Waals surface area (Å²) in [5.41, 5.74) is 3.67. The van der Waals surface area contributed by atoms with Gasteiger partial charge in [0.2, 0.25) is 0 Å². The molecule has 0 spiro atoms. The number of nitrogens with zero attached hydrogens (tertiary/aromatic N) is 1. The van der Waals surface area contributed by atoms with E-state index in [1.807, 2.05) is 31.2 Å². The summed E-state index contributed by atoms with van der Waals surface area (Å²) >= 11 is 0. The molecule has 29 heavy (non-hydrogen) atoms. The van der Waals surface area contributed by atoms with Gasteiger partial charge >= 0.3 is 0 Å². The van der Waals surface area contributed by atoms with E-state index in [1.54, 1.807) is 7.11 Å². The van der Waals surface area contributed by atoms with Crippen LogP contribution in [-0.4, -0.2) is 23.2 Å². The molecule has 0 fully saturated rings. The van der Waals surface area contributed by atoms with Gasteiger partial charge in [-0.2, -0.15) is 0 Å². The zero-order chi connectivity index (χ0) is 20.6. The molecular formula is C26H31NO2. The highest BCUT2D eigenvalue weighted by atomic mass is 16.5. The van der Waals surface area contributed by atoms with Gasteiger partial charge in [-0.05, 0) is 35.7 Å². The maximum atomic E-state index is 10.5. The van der Waals surface area contributed by atoms with Crippen molar-refractivity contribution in [2.24, 2.45) is 5.92 Å². The van der Waals surface area contributed by atoms with Crippen molar-refractivity contribution in [1.82, 2.24) is 4.90 Å². The number of aliphatic hydroxyl groups excluding tert-OH is 1. The Bertz CT molecular complexity index is 823. The summed E-state index contributed by atoms with van der Waals surface area (Å²) in [7, 11) is 1.69. The van der Waals surface area contributed by atoms with E-state index >= 15 is 0 Å². The van der Waals surface area contributed by atoms with Crippen LogP contribution in [0.4, 0.5) is 0 Å². The summed E-state index contributed by atoms with van der Waals surface area (Å²) in [6.45, 7) is 5.60. The minimum absolute atomic E-state index is 0.0468. The van der Waals surface area contributed by atoms with Gasteiger partial charge in [0.05, 0.1) is 13.2 Å². The molecule has 3 aromatic rings. The number of methoxy groups -OCH3 is 1. The first-order valence-electron chi connectivity index (χ1n) is 10.2. The van der Waals surface area contributed by atoms with E-state index in [1.165, 1.54) is 11.1 Å². The third-order valence-electron chi connectivity index (χ3n) is 5.54. The third kappa shape index (κ3) is 5.69. The van der Waals surface area contributed by atoms with Gasteiger partial charge in [-0.3, -0.25) is 4.90 Å². The lowest BCUT2D eigenvalue weighted by molar-refractivity contribution is 0.0464. The maximum Gasteiger partial charge on any atom is 0.119 e. The van der Waals surface area contributed by atoms with Crippen LogP contribution < -0.4 is 4.74 Å². The standard InChI is InChI=1S/C26H31NO2/c1-20(21(2)28)26(24-15-10-16-25(17-24)29-3)27(18-22-11-6-4-7-12-22)19-23-13-8-5-9-14-23/h4-17,20-21,26,28H,18-19H2,1-3H3/t20-,21+,26-/m1/s1. The Balaban J connectivity index is 2.02. The molecule has 0 aliphatic heterocycles. The van der Waals surface area contributed by atoms with Crippen LogP contribution >= 0.6 is 0 Å². The zero-order valence-electron chi connectivity index (χ0n) is 17.5. The van der Waals surface area contributed by atoms with Gasteiger partial charge in [-0.25, -0.2) is 0 Å². The van der Waals surface area contributed by atoms with E-state index in [0.29, 0.717) is 0 Å². The van der Waals surface area contributed by atoms with Crippen LogP contribution in [0.25, 0.3) is 0 Å². The van der Waals surface area contributed by atoms with E-state index in [9.17, 15) is 5.11 Å². The Kier molecular flexibility index (Phi) is 7.45. The van der Waals surface area contributed by atoms with Gasteiger partial charge in [0.1, 0.15) is 5.75 Å². The Morgan fingerprint density at radius 1 is 0.793 bits per heavy atom. The summed E-state index contributed by atoms with van der Waals surface area (Å²) in [6, 6.07) is 29.3. The topological polar surface area (TPSA) is 32.7 Å². The zero-order valence-corrected chi connectivity index (χ0v) is 17.5. The van der Waals surface area contributed by atoms with Gasteiger partial charge < -0.3 is 9.84 Å². The lowest BCUT2D eigenvalue weighted by Crippen LogP contribution is -2.36. The first-order chi connectivity index (χ1) is 14.1.